The number of hydrogen-bond donors (Lipinski definition) is 0. The largest absolute Gasteiger partial charge is 0.484 e. The molecule has 0 bridgehead atoms. The Labute approximate surface area is 114 Å². The van der Waals surface area contributed by atoms with Crippen molar-refractivity contribution < 1.29 is 9.13 Å². The molecule has 96 valence electrons. The lowest BCUT2D eigenvalue weighted by Crippen LogP contribution is -2.07. The SMILES string of the molecule is CCn1nc(C)c(Br)c1COc1ccccc1F. The molecule has 0 saturated heterocycles. The zero-order valence-corrected chi connectivity index (χ0v) is 11.9. The van der Waals surface area contributed by atoms with Gasteiger partial charge in [-0.05, 0) is 41.9 Å². The van der Waals surface area contributed by atoms with Gasteiger partial charge in [0.2, 0.25) is 0 Å². The molecule has 0 unspecified atom stereocenters. The Morgan fingerprint density at radius 1 is 1.39 bits per heavy atom. The lowest BCUT2D eigenvalue weighted by atomic mass is 10.3. The van der Waals surface area contributed by atoms with E-state index in [4.69, 9.17) is 4.74 Å². The van der Waals surface area contributed by atoms with E-state index in [9.17, 15) is 4.39 Å². The molecule has 0 spiro atoms. The van der Waals surface area contributed by atoms with Gasteiger partial charge in [0.1, 0.15) is 6.61 Å². The van der Waals surface area contributed by atoms with Gasteiger partial charge in [-0.1, -0.05) is 12.1 Å². The maximum Gasteiger partial charge on any atom is 0.165 e. The summed E-state index contributed by atoms with van der Waals surface area (Å²) in [7, 11) is 0. The fraction of sp³-hybridized carbons (Fsp3) is 0.308. The fourth-order valence-corrected chi connectivity index (χ4v) is 2.11. The molecule has 1 aromatic heterocycles. The molecule has 2 rings (SSSR count). The third-order valence-corrected chi connectivity index (χ3v) is 3.69. The van der Waals surface area contributed by atoms with Gasteiger partial charge in [0, 0.05) is 6.54 Å². The standard InChI is InChI=1S/C13H14BrFN2O/c1-3-17-11(13(14)9(2)16-17)8-18-12-7-5-4-6-10(12)15/h4-7H,3,8H2,1-2H3. The van der Waals surface area contributed by atoms with E-state index in [-0.39, 0.29) is 18.2 Å². The van der Waals surface area contributed by atoms with Gasteiger partial charge in [-0.15, -0.1) is 0 Å². The summed E-state index contributed by atoms with van der Waals surface area (Å²) in [4.78, 5) is 0. The van der Waals surface area contributed by atoms with Crippen molar-refractivity contribution in [2.45, 2.75) is 27.0 Å². The molecule has 0 fully saturated rings. The van der Waals surface area contributed by atoms with Crippen molar-refractivity contribution >= 4 is 15.9 Å². The van der Waals surface area contributed by atoms with Crippen molar-refractivity contribution in [2.24, 2.45) is 0 Å². The molecule has 2 aromatic rings. The number of rotatable bonds is 4. The molecule has 0 aliphatic rings. The average molecular weight is 313 g/mol. The van der Waals surface area contributed by atoms with Crippen LogP contribution < -0.4 is 4.74 Å². The zero-order valence-electron chi connectivity index (χ0n) is 10.3. The summed E-state index contributed by atoms with van der Waals surface area (Å²) in [5.41, 5.74) is 1.82. The zero-order chi connectivity index (χ0) is 13.1. The monoisotopic (exact) mass is 312 g/mol. The van der Waals surface area contributed by atoms with Crippen LogP contribution in [0, 0.1) is 12.7 Å². The quantitative estimate of drug-likeness (QED) is 0.861. The maximum atomic E-state index is 13.4. The molecule has 0 N–H and O–H groups in total. The Morgan fingerprint density at radius 2 is 2.11 bits per heavy atom. The predicted molar refractivity (Wildman–Crippen MR) is 71.1 cm³/mol. The second-order valence-electron chi connectivity index (χ2n) is 3.88. The van der Waals surface area contributed by atoms with Gasteiger partial charge in [-0.2, -0.15) is 5.10 Å². The molecule has 0 radical (unpaired) electrons. The van der Waals surface area contributed by atoms with E-state index in [1.54, 1.807) is 18.2 Å². The normalized spacial score (nSPS) is 10.7. The number of para-hydroxylation sites is 1. The first-order valence-corrected chi connectivity index (χ1v) is 6.52. The number of aryl methyl sites for hydroxylation is 2. The predicted octanol–water partition coefficient (Wildman–Crippen LogP) is 3.69. The summed E-state index contributed by atoms with van der Waals surface area (Å²) in [6.45, 7) is 4.97. The molecule has 0 aliphatic heterocycles. The second kappa shape index (κ2) is 5.52. The van der Waals surface area contributed by atoms with Crippen LogP contribution in [0.2, 0.25) is 0 Å². The molecule has 0 amide bonds. The third-order valence-electron chi connectivity index (χ3n) is 2.65. The van der Waals surface area contributed by atoms with Gasteiger partial charge in [0.25, 0.3) is 0 Å². The minimum atomic E-state index is -0.354. The highest BCUT2D eigenvalue weighted by atomic mass is 79.9. The Morgan fingerprint density at radius 3 is 2.78 bits per heavy atom. The van der Waals surface area contributed by atoms with Crippen molar-refractivity contribution in [2.75, 3.05) is 0 Å². The molecule has 0 saturated carbocycles. The highest BCUT2D eigenvalue weighted by Crippen LogP contribution is 2.23. The van der Waals surface area contributed by atoms with Crippen LogP contribution in [-0.4, -0.2) is 9.78 Å². The molecular weight excluding hydrogens is 299 g/mol. The average Bonchev–Trinajstić information content (AvgIpc) is 2.65. The van der Waals surface area contributed by atoms with Gasteiger partial charge in [-0.3, -0.25) is 4.68 Å². The molecule has 0 aliphatic carbocycles. The van der Waals surface area contributed by atoms with Crippen molar-refractivity contribution in [3.63, 3.8) is 0 Å². The summed E-state index contributed by atoms with van der Waals surface area (Å²) >= 11 is 3.48. The summed E-state index contributed by atoms with van der Waals surface area (Å²) in [5.74, 6) is -0.0983. The number of ether oxygens (including phenoxy) is 1. The lowest BCUT2D eigenvalue weighted by Gasteiger charge is -2.09. The molecule has 18 heavy (non-hydrogen) atoms. The van der Waals surface area contributed by atoms with Crippen LogP contribution in [0.3, 0.4) is 0 Å². The van der Waals surface area contributed by atoms with Crippen LogP contribution in [0.4, 0.5) is 4.39 Å². The number of nitrogens with zero attached hydrogens (tertiary/aromatic N) is 2. The van der Waals surface area contributed by atoms with Crippen molar-refractivity contribution in [1.82, 2.24) is 9.78 Å². The first kappa shape index (κ1) is 13.1. The lowest BCUT2D eigenvalue weighted by molar-refractivity contribution is 0.277. The number of halogens is 2. The van der Waals surface area contributed by atoms with E-state index < -0.39 is 0 Å². The van der Waals surface area contributed by atoms with Crippen LogP contribution in [-0.2, 0) is 13.2 Å². The van der Waals surface area contributed by atoms with Crippen LogP contribution in [0.15, 0.2) is 28.7 Å². The highest BCUT2D eigenvalue weighted by molar-refractivity contribution is 9.10. The molecule has 1 aromatic carbocycles. The first-order valence-electron chi connectivity index (χ1n) is 5.72. The van der Waals surface area contributed by atoms with E-state index in [2.05, 4.69) is 21.0 Å². The summed E-state index contributed by atoms with van der Waals surface area (Å²) < 4.78 is 21.7. The summed E-state index contributed by atoms with van der Waals surface area (Å²) in [5, 5.41) is 4.36. The number of aromatic nitrogens is 2. The second-order valence-corrected chi connectivity index (χ2v) is 4.67. The van der Waals surface area contributed by atoms with Crippen LogP contribution in [0.1, 0.15) is 18.3 Å². The number of hydrogen-bond acceptors (Lipinski definition) is 2. The van der Waals surface area contributed by atoms with Crippen LogP contribution in [0.25, 0.3) is 0 Å². The van der Waals surface area contributed by atoms with Crippen molar-refractivity contribution in [3.8, 4) is 5.75 Å². The van der Waals surface area contributed by atoms with Gasteiger partial charge in [0.15, 0.2) is 11.6 Å². The van der Waals surface area contributed by atoms with Crippen molar-refractivity contribution in [1.29, 1.82) is 0 Å². The maximum absolute atomic E-state index is 13.4. The molecule has 1 heterocycles. The fourth-order valence-electron chi connectivity index (χ4n) is 1.71. The van der Waals surface area contributed by atoms with Crippen molar-refractivity contribution in [3.05, 3.63) is 45.9 Å². The molecule has 5 heteroatoms. The Hall–Kier alpha value is -1.36. The minimum Gasteiger partial charge on any atom is -0.484 e. The Kier molecular flexibility index (Phi) is 4.01. The van der Waals surface area contributed by atoms with E-state index in [0.29, 0.717) is 0 Å². The Balaban J connectivity index is 2.18. The van der Waals surface area contributed by atoms with E-state index >= 15 is 0 Å². The summed E-state index contributed by atoms with van der Waals surface area (Å²) in [6.07, 6.45) is 0. The van der Waals surface area contributed by atoms with Crippen LogP contribution >= 0.6 is 15.9 Å². The molecule has 3 nitrogen and oxygen atoms in total. The third kappa shape index (κ3) is 2.56. The summed E-state index contributed by atoms with van der Waals surface area (Å²) in [6, 6.07) is 6.38. The Bertz CT molecular complexity index is 554. The highest BCUT2D eigenvalue weighted by Gasteiger charge is 2.13. The van der Waals surface area contributed by atoms with Gasteiger partial charge >= 0.3 is 0 Å². The molecule has 0 atom stereocenters. The molecular formula is C13H14BrFN2O. The van der Waals surface area contributed by atoms with Crippen LogP contribution in [0.5, 0.6) is 5.75 Å². The first-order chi connectivity index (χ1) is 8.63. The topological polar surface area (TPSA) is 27.1 Å². The van der Waals surface area contributed by atoms with E-state index in [1.165, 1.54) is 6.07 Å². The van der Waals surface area contributed by atoms with E-state index in [1.807, 2.05) is 18.5 Å². The smallest absolute Gasteiger partial charge is 0.165 e. The van der Waals surface area contributed by atoms with Gasteiger partial charge < -0.3 is 4.74 Å². The minimum absolute atomic E-state index is 0.255. The van der Waals surface area contributed by atoms with Gasteiger partial charge in [-0.25, -0.2) is 4.39 Å². The van der Waals surface area contributed by atoms with E-state index in [0.717, 1.165) is 22.4 Å². The van der Waals surface area contributed by atoms with Gasteiger partial charge in [0.05, 0.1) is 15.9 Å². The number of benzene rings is 1.